The Hall–Kier alpha value is 0.120. The third kappa shape index (κ3) is 6.65. The minimum absolute atomic E-state index is 0. The van der Waals surface area contributed by atoms with Crippen molar-refractivity contribution in [1.29, 1.82) is 0 Å². The summed E-state index contributed by atoms with van der Waals surface area (Å²) in [5, 5.41) is 0. The van der Waals surface area contributed by atoms with E-state index in [1.54, 1.807) is 0 Å². The summed E-state index contributed by atoms with van der Waals surface area (Å²) in [5.41, 5.74) is 5.82. The van der Waals surface area contributed by atoms with Crippen molar-refractivity contribution in [2.24, 2.45) is 5.73 Å². The molecular weight excluding hydrogens is 254 g/mol. The number of halogens is 1. The Bertz CT molecular complexity index is 283. The third-order valence-electron chi connectivity index (χ3n) is 2.37. The van der Waals surface area contributed by atoms with Gasteiger partial charge in [-0.1, -0.05) is 0 Å². The average Bonchev–Trinajstić information content (AvgIpc) is 2.13. The van der Waals surface area contributed by atoms with Gasteiger partial charge in [-0.25, -0.2) is 8.42 Å². The van der Waals surface area contributed by atoms with E-state index in [-0.39, 0.29) is 36.9 Å². The topological polar surface area (TPSA) is 78.6 Å². The second-order valence-electron chi connectivity index (χ2n) is 3.92. The Kier molecular flexibility index (Phi) is 7.50. The van der Waals surface area contributed by atoms with Crippen molar-refractivity contribution < 1.29 is 17.9 Å². The molecule has 0 amide bonds. The molecule has 0 aromatic rings. The second kappa shape index (κ2) is 7.45. The zero-order valence-electron chi connectivity index (χ0n) is 9.42. The summed E-state index contributed by atoms with van der Waals surface area (Å²) in [6.45, 7) is 1.32. The smallest absolute Gasteiger partial charge is 0.149 e. The number of sulfone groups is 1. The molecule has 5 nitrogen and oxygen atoms in total. The van der Waals surface area contributed by atoms with Crippen LogP contribution in [0, 0.1) is 0 Å². The molecule has 0 radical (unpaired) electrons. The Morgan fingerprint density at radius 1 is 1.50 bits per heavy atom. The van der Waals surface area contributed by atoms with Crippen molar-refractivity contribution in [2.75, 3.05) is 31.8 Å². The average molecular weight is 274 g/mol. The Morgan fingerprint density at radius 2 is 2.19 bits per heavy atom. The SMILES string of the molecule is CS(=O)(=O)CCOCC1OCCCC1N.Cl. The highest BCUT2D eigenvalue weighted by Crippen LogP contribution is 2.12. The standard InChI is InChI=1S/C9H19NO4S.ClH/c1-15(11,12)6-5-13-7-9-8(10)3-2-4-14-9;/h8-9H,2-7,10H2,1H3;1H. The molecule has 1 saturated heterocycles. The summed E-state index contributed by atoms with van der Waals surface area (Å²) in [5.74, 6) is 0.0506. The largest absolute Gasteiger partial charge is 0.378 e. The predicted octanol–water partition coefficient (Wildman–Crippen LogP) is -0.0243. The molecule has 0 aromatic heterocycles. The zero-order chi connectivity index (χ0) is 11.3. The lowest BCUT2D eigenvalue weighted by Crippen LogP contribution is -2.43. The summed E-state index contributed by atoms with van der Waals surface area (Å²) < 4.78 is 32.3. The number of rotatable bonds is 5. The fourth-order valence-electron chi connectivity index (χ4n) is 1.44. The number of hydrogen-bond donors (Lipinski definition) is 1. The first-order valence-electron chi connectivity index (χ1n) is 5.12. The van der Waals surface area contributed by atoms with Gasteiger partial charge in [0.25, 0.3) is 0 Å². The van der Waals surface area contributed by atoms with Gasteiger partial charge < -0.3 is 15.2 Å². The van der Waals surface area contributed by atoms with Gasteiger partial charge in [0.15, 0.2) is 0 Å². The van der Waals surface area contributed by atoms with E-state index in [9.17, 15) is 8.42 Å². The van der Waals surface area contributed by atoms with E-state index < -0.39 is 9.84 Å². The van der Waals surface area contributed by atoms with Crippen LogP contribution in [0.15, 0.2) is 0 Å². The number of ether oxygens (including phenoxy) is 2. The van der Waals surface area contributed by atoms with E-state index in [1.807, 2.05) is 0 Å². The Labute approximate surface area is 103 Å². The van der Waals surface area contributed by atoms with Crippen molar-refractivity contribution in [3.05, 3.63) is 0 Å². The molecule has 1 rings (SSSR count). The van der Waals surface area contributed by atoms with Crippen LogP contribution in [-0.2, 0) is 19.3 Å². The molecule has 1 aliphatic rings. The first-order chi connectivity index (χ1) is 6.99. The zero-order valence-corrected chi connectivity index (χ0v) is 11.1. The lowest BCUT2D eigenvalue weighted by Gasteiger charge is -2.28. The molecule has 7 heteroatoms. The minimum atomic E-state index is -2.94. The maximum Gasteiger partial charge on any atom is 0.149 e. The summed E-state index contributed by atoms with van der Waals surface area (Å²) in [6.07, 6.45) is 3.04. The van der Waals surface area contributed by atoms with Crippen LogP contribution < -0.4 is 5.73 Å². The van der Waals surface area contributed by atoms with Gasteiger partial charge in [0.05, 0.1) is 25.1 Å². The molecule has 0 saturated carbocycles. The van der Waals surface area contributed by atoms with Crippen LogP contribution in [0.25, 0.3) is 0 Å². The van der Waals surface area contributed by atoms with Crippen molar-refractivity contribution in [2.45, 2.75) is 25.0 Å². The highest BCUT2D eigenvalue weighted by Gasteiger charge is 2.22. The normalized spacial score (nSPS) is 26.1. The van der Waals surface area contributed by atoms with Crippen molar-refractivity contribution >= 4 is 22.2 Å². The maximum absolute atomic E-state index is 10.8. The molecule has 0 spiro atoms. The molecule has 16 heavy (non-hydrogen) atoms. The molecule has 2 unspecified atom stereocenters. The van der Waals surface area contributed by atoms with Crippen LogP contribution in [-0.4, -0.2) is 52.4 Å². The molecule has 2 N–H and O–H groups in total. The van der Waals surface area contributed by atoms with Crippen LogP contribution >= 0.6 is 12.4 Å². The van der Waals surface area contributed by atoms with Gasteiger partial charge in [-0.15, -0.1) is 12.4 Å². The minimum Gasteiger partial charge on any atom is -0.378 e. The molecule has 1 fully saturated rings. The van der Waals surface area contributed by atoms with Crippen LogP contribution in [0.4, 0.5) is 0 Å². The van der Waals surface area contributed by atoms with Gasteiger partial charge >= 0.3 is 0 Å². The molecule has 1 heterocycles. The van der Waals surface area contributed by atoms with Crippen LogP contribution in [0.5, 0.6) is 0 Å². The highest BCUT2D eigenvalue weighted by atomic mass is 35.5. The first-order valence-corrected chi connectivity index (χ1v) is 7.18. The van der Waals surface area contributed by atoms with Crippen molar-refractivity contribution in [1.82, 2.24) is 0 Å². The lowest BCUT2D eigenvalue weighted by atomic mass is 10.0. The number of hydrogen-bond acceptors (Lipinski definition) is 5. The highest BCUT2D eigenvalue weighted by molar-refractivity contribution is 7.90. The molecule has 2 atom stereocenters. The van der Waals surface area contributed by atoms with Crippen molar-refractivity contribution in [3.63, 3.8) is 0 Å². The summed E-state index contributed by atoms with van der Waals surface area (Å²) >= 11 is 0. The summed E-state index contributed by atoms with van der Waals surface area (Å²) in [6, 6.07) is 0.0111. The van der Waals surface area contributed by atoms with E-state index in [4.69, 9.17) is 15.2 Å². The van der Waals surface area contributed by atoms with Crippen LogP contribution in [0.1, 0.15) is 12.8 Å². The van der Waals surface area contributed by atoms with Gasteiger partial charge in [-0.3, -0.25) is 0 Å². The first kappa shape index (κ1) is 16.1. The fourth-order valence-corrected chi connectivity index (χ4v) is 1.87. The van der Waals surface area contributed by atoms with E-state index in [0.717, 1.165) is 12.8 Å². The van der Waals surface area contributed by atoms with Gasteiger partial charge in [-0.2, -0.15) is 0 Å². The van der Waals surface area contributed by atoms with Gasteiger partial charge in [0, 0.05) is 18.9 Å². The lowest BCUT2D eigenvalue weighted by molar-refractivity contribution is -0.0487. The maximum atomic E-state index is 10.8. The quantitative estimate of drug-likeness (QED) is 0.712. The molecule has 1 aliphatic heterocycles. The van der Waals surface area contributed by atoms with E-state index in [2.05, 4.69) is 0 Å². The van der Waals surface area contributed by atoms with E-state index in [1.165, 1.54) is 6.26 Å². The van der Waals surface area contributed by atoms with Gasteiger partial charge in [0.1, 0.15) is 9.84 Å². The molecule has 0 aromatic carbocycles. The molecular formula is C9H20ClNO4S. The fraction of sp³-hybridized carbons (Fsp3) is 1.00. The summed E-state index contributed by atoms with van der Waals surface area (Å²) in [7, 11) is -2.94. The second-order valence-corrected chi connectivity index (χ2v) is 6.18. The number of nitrogens with two attached hydrogens (primary N) is 1. The van der Waals surface area contributed by atoms with Crippen LogP contribution in [0.3, 0.4) is 0 Å². The Balaban J connectivity index is 0.00000225. The van der Waals surface area contributed by atoms with Gasteiger partial charge in [-0.05, 0) is 12.8 Å². The van der Waals surface area contributed by atoms with E-state index >= 15 is 0 Å². The van der Waals surface area contributed by atoms with Gasteiger partial charge in [0.2, 0.25) is 0 Å². The molecule has 0 bridgehead atoms. The molecule has 0 aliphatic carbocycles. The Morgan fingerprint density at radius 3 is 2.75 bits per heavy atom. The van der Waals surface area contributed by atoms with E-state index in [0.29, 0.717) is 13.2 Å². The predicted molar refractivity (Wildman–Crippen MR) is 64.7 cm³/mol. The molecule has 98 valence electrons. The summed E-state index contributed by atoms with van der Waals surface area (Å²) in [4.78, 5) is 0. The van der Waals surface area contributed by atoms with Crippen LogP contribution in [0.2, 0.25) is 0 Å². The third-order valence-corrected chi connectivity index (χ3v) is 3.28. The van der Waals surface area contributed by atoms with Crippen molar-refractivity contribution in [3.8, 4) is 0 Å². The monoisotopic (exact) mass is 273 g/mol.